The van der Waals surface area contributed by atoms with Crippen LogP contribution in [0.2, 0.25) is 0 Å². The van der Waals surface area contributed by atoms with Crippen LogP contribution >= 0.6 is 0 Å². The highest BCUT2D eigenvalue weighted by Gasteiger charge is 2.27. The molecule has 0 N–H and O–H groups in total. The second kappa shape index (κ2) is 7.34. The Labute approximate surface area is 160 Å². The molecule has 0 aliphatic carbocycles. The van der Waals surface area contributed by atoms with Crippen molar-refractivity contribution >= 4 is 11.7 Å². The van der Waals surface area contributed by atoms with Crippen LogP contribution in [0.5, 0.6) is 0 Å². The Hall–Kier alpha value is -3.36. The number of nitrogens with zero attached hydrogens (tertiary/aromatic N) is 6. The van der Waals surface area contributed by atoms with Gasteiger partial charge in [0.1, 0.15) is 41.0 Å². The Morgan fingerprint density at radius 2 is 1.68 bits per heavy atom. The van der Waals surface area contributed by atoms with Crippen LogP contribution in [0, 0.1) is 18.6 Å². The lowest BCUT2D eigenvalue weighted by molar-refractivity contribution is 0.0736. The second-order valence-electron chi connectivity index (χ2n) is 6.45. The molecule has 3 heterocycles. The monoisotopic (exact) mass is 384 g/mol. The van der Waals surface area contributed by atoms with Gasteiger partial charge >= 0.3 is 0 Å². The highest BCUT2D eigenvalue weighted by atomic mass is 19.1. The van der Waals surface area contributed by atoms with Gasteiger partial charge in [0, 0.05) is 44.6 Å². The lowest BCUT2D eigenvalue weighted by Gasteiger charge is -2.35. The number of aryl methyl sites for hydroxylation is 1. The third kappa shape index (κ3) is 3.30. The van der Waals surface area contributed by atoms with E-state index in [-0.39, 0.29) is 0 Å². The third-order valence-corrected chi connectivity index (χ3v) is 4.78. The first kappa shape index (κ1) is 18.0. The van der Waals surface area contributed by atoms with Crippen LogP contribution in [0.4, 0.5) is 14.6 Å². The fourth-order valence-electron chi connectivity index (χ4n) is 3.26. The molecule has 1 amide bonds. The molecule has 0 unspecified atom stereocenters. The first-order valence-electron chi connectivity index (χ1n) is 8.85. The number of carbonyl (C=O) groups is 1. The number of carbonyl (C=O) groups excluding carboxylic acids is 1. The van der Waals surface area contributed by atoms with Gasteiger partial charge in [-0.3, -0.25) is 9.36 Å². The smallest absolute Gasteiger partial charge is 0.259 e. The van der Waals surface area contributed by atoms with Crippen molar-refractivity contribution in [2.75, 3.05) is 31.1 Å². The van der Waals surface area contributed by atoms with Gasteiger partial charge in [-0.1, -0.05) is 6.07 Å². The summed E-state index contributed by atoms with van der Waals surface area (Å²) in [6, 6.07) is 5.27. The number of anilines is 1. The molecule has 0 radical (unpaired) electrons. The molecule has 0 atom stereocenters. The minimum atomic E-state index is -0.844. The predicted octanol–water partition coefficient (Wildman–Crippen LogP) is 2.21. The molecule has 7 nitrogen and oxygen atoms in total. The van der Waals surface area contributed by atoms with Crippen molar-refractivity contribution in [2.24, 2.45) is 0 Å². The highest BCUT2D eigenvalue weighted by molar-refractivity contribution is 5.95. The van der Waals surface area contributed by atoms with Gasteiger partial charge in [-0.15, -0.1) is 0 Å². The van der Waals surface area contributed by atoms with Crippen LogP contribution < -0.4 is 4.90 Å². The van der Waals surface area contributed by atoms with Gasteiger partial charge in [-0.05, 0) is 19.1 Å². The Balaban J connectivity index is 1.48. The zero-order chi connectivity index (χ0) is 19.7. The summed E-state index contributed by atoms with van der Waals surface area (Å²) in [5.41, 5.74) is -0.504. The number of piperazine rings is 1. The summed E-state index contributed by atoms with van der Waals surface area (Å²) < 4.78 is 29.6. The van der Waals surface area contributed by atoms with Crippen molar-refractivity contribution in [3.8, 4) is 5.82 Å². The summed E-state index contributed by atoms with van der Waals surface area (Å²) in [5, 5.41) is 0. The quantitative estimate of drug-likeness (QED) is 0.693. The number of imidazole rings is 1. The number of rotatable bonds is 3. The van der Waals surface area contributed by atoms with Gasteiger partial charge in [0.2, 0.25) is 0 Å². The van der Waals surface area contributed by atoms with E-state index >= 15 is 0 Å². The minimum absolute atomic E-state index is 0.343. The summed E-state index contributed by atoms with van der Waals surface area (Å²) in [5.74, 6) is -0.0824. The van der Waals surface area contributed by atoms with E-state index in [0.29, 0.717) is 32.0 Å². The minimum Gasteiger partial charge on any atom is -0.353 e. The molecular weight excluding hydrogens is 366 g/mol. The van der Waals surface area contributed by atoms with Crippen molar-refractivity contribution in [2.45, 2.75) is 6.92 Å². The van der Waals surface area contributed by atoms with E-state index < -0.39 is 23.1 Å². The van der Waals surface area contributed by atoms with Crippen molar-refractivity contribution in [1.29, 1.82) is 0 Å². The Morgan fingerprint density at radius 3 is 2.32 bits per heavy atom. The molecule has 28 heavy (non-hydrogen) atoms. The Bertz CT molecular complexity index is 993. The van der Waals surface area contributed by atoms with Gasteiger partial charge in [0.05, 0.1) is 0 Å². The van der Waals surface area contributed by atoms with Crippen molar-refractivity contribution < 1.29 is 13.6 Å². The van der Waals surface area contributed by atoms with E-state index in [0.717, 1.165) is 23.8 Å². The van der Waals surface area contributed by atoms with Crippen molar-refractivity contribution in [3.63, 3.8) is 0 Å². The number of hydrogen-bond acceptors (Lipinski definition) is 5. The summed E-state index contributed by atoms with van der Waals surface area (Å²) in [4.78, 5) is 28.8. The number of amides is 1. The SMILES string of the molecule is Cc1nccn1-c1cc(N2CCN(C(=O)c3c(F)cccc3F)CC2)ncn1. The first-order chi connectivity index (χ1) is 13.5. The molecule has 4 rings (SSSR count). The molecule has 2 aromatic heterocycles. The molecule has 144 valence electrons. The predicted molar refractivity (Wildman–Crippen MR) is 98.4 cm³/mol. The third-order valence-electron chi connectivity index (χ3n) is 4.78. The molecule has 9 heteroatoms. The van der Waals surface area contributed by atoms with Crippen LogP contribution in [0.1, 0.15) is 16.2 Å². The highest BCUT2D eigenvalue weighted by Crippen LogP contribution is 2.19. The van der Waals surface area contributed by atoms with E-state index in [1.165, 1.54) is 17.3 Å². The normalized spacial score (nSPS) is 14.4. The summed E-state index contributed by atoms with van der Waals surface area (Å²) in [6.45, 7) is 3.57. The number of benzene rings is 1. The summed E-state index contributed by atoms with van der Waals surface area (Å²) in [7, 11) is 0. The zero-order valence-electron chi connectivity index (χ0n) is 15.2. The molecule has 1 aromatic carbocycles. The number of aromatic nitrogens is 4. The first-order valence-corrected chi connectivity index (χ1v) is 8.85. The maximum absolute atomic E-state index is 13.9. The lowest BCUT2D eigenvalue weighted by atomic mass is 10.1. The fraction of sp³-hybridized carbons (Fsp3) is 0.263. The summed E-state index contributed by atoms with van der Waals surface area (Å²) in [6.07, 6.45) is 5.00. The summed E-state index contributed by atoms with van der Waals surface area (Å²) >= 11 is 0. The van der Waals surface area contributed by atoms with E-state index in [9.17, 15) is 13.6 Å². The fourth-order valence-corrected chi connectivity index (χ4v) is 3.26. The lowest BCUT2D eigenvalue weighted by Crippen LogP contribution is -2.49. The molecule has 1 aliphatic rings. The van der Waals surface area contributed by atoms with E-state index in [1.807, 2.05) is 28.7 Å². The van der Waals surface area contributed by atoms with Crippen LogP contribution in [-0.4, -0.2) is 56.5 Å². The maximum Gasteiger partial charge on any atom is 0.259 e. The number of hydrogen-bond donors (Lipinski definition) is 0. The molecule has 0 saturated carbocycles. The molecule has 1 aliphatic heterocycles. The molecule has 0 bridgehead atoms. The molecular formula is C19H18F2N6O. The van der Waals surface area contributed by atoms with Crippen LogP contribution in [-0.2, 0) is 0 Å². The average molecular weight is 384 g/mol. The van der Waals surface area contributed by atoms with Gasteiger partial charge in [0.25, 0.3) is 5.91 Å². The van der Waals surface area contributed by atoms with E-state index in [2.05, 4.69) is 15.0 Å². The standard InChI is InChI=1S/C19H18F2N6O/c1-13-22-5-6-27(13)17-11-16(23-12-24-17)25-7-9-26(10-8-25)19(28)18-14(20)3-2-4-15(18)21/h2-6,11-12H,7-10H2,1H3. The zero-order valence-corrected chi connectivity index (χ0v) is 15.2. The van der Waals surface area contributed by atoms with E-state index in [4.69, 9.17) is 0 Å². The van der Waals surface area contributed by atoms with Gasteiger partial charge in [-0.25, -0.2) is 23.7 Å². The van der Waals surface area contributed by atoms with Gasteiger partial charge in [0.15, 0.2) is 0 Å². The molecule has 1 saturated heterocycles. The molecule has 1 fully saturated rings. The average Bonchev–Trinajstić information content (AvgIpc) is 3.14. The van der Waals surface area contributed by atoms with Gasteiger partial charge in [-0.2, -0.15) is 0 Å². The number of halogens is 2. The molecule has 3 aromatic rings. The van der Waals surface area contributed by atoms with Crippen molar-refractivity contribution in [1.82, 2.24) is 24.4 Å². The van der Waals surface area contributed by atoms with E-state index in [1.54, 1.807) is 6.20 Å². The van der Waals surface area contributed by atoms with Crippen molar-refractivity contribution in [3.05, 3.63) is 66.0 Å². The Morgan fingerprint density at radius 1 is 1.00 bits per heavy atom. The largest absolute Gasteiger partial charge is 0.353 e. The maximum atomic E-state index is 13.9. The van der Waals surface area contributed by atoms with Crippen LogP contribution in [0.3, 0.4) is 0 Å². The van der Waals surface area contributed by atoms with Gasteiger partial charge < -0.3 is 9.80 Å². The topological polar surface area (TPSA) is 67.2 Å². The van der Waals surface area contributed by atoms with Crippen LogP contribution in [0.15, 0.2) is 43.0 Å². The molecule has 0 spiro atoms. The second-order valence-corrected chi connectivity index (χ2v) is 6.45. The van der Waals surface area contributed by atoms with Crippen LogP contribution in [0.25, 0.3) is 5.82 Å². The Kier molecular flexibility index (Phi) is 4.72.